The van der Waals surface area contributed by atoms with Crippen LogP contribution in [0.1, 0.15) is 36.7 Å². The number of carbonyl (C=O) groups excluding carboxylic acids is 2. The summed E-state index contributed by atoms with van der Waals surface area (Å²) in [6.45, 7) is 3.03. The van der Waals surface area contributed by atoms with Crippen LogP contribution in [0.25, 0.3) is 0 Å². The number of anilines is 2. The third-order valence-electron chi connectivity index (χ3n) is 5.30. The lowest BCUT2D eigenvalue weighted by atomic mass is 10.1. The minimum absolute atomic E-state index is 0.0789. The van der Waals surface area contributed by atoms with Gasteiger partial charge in [-0.1, -0.05) is 11.6 Å². The fourth-order valence-electron chi connectivity index (χ4n) is 3.42. The van der Waals surface area contributed by atoms with Crippen LogP contribution in [-0.2, 0) is 9.53 Å². The second-order valence-electron chi connectivity index (χ2n) is 7.50. The summed E-state index contributed by atoms with van der Waals surface area (Å²) in [6, 6.07) is 11.4. The number of rotatable bonds is 8. The molecule has 146 valence electrons. The first-order chi connectivity index (χ1) is 13.6. The number of pyridine rings is 1. The van der Waals surface area contributed by atoms with E-state index in [-0.39, 0.29) is 23.6 Å². The second kappa shape index (κ2) is 7.92. The van der Waals surface area contributed by atoms with E-state index in [1.54, 1.807) is 19.2 Å². The van der Waals surface area contributed by atoms with Gasteiger partial charge in [0.1, 0.15) is 5.69 Å². The van der Waals surface area contributed by atoms with Crippen LogP contribution in [0.4, 0.5) is 11.4 Å². The normalized spacial score (nSPS) is 20.5. The Hall–Kier alpha value is -2.40. The molecule has 2 saturated carbocycles. The van der Waals surface area contributed by atoms with E-state index in [0.717, 1.165) is 17.9 Å². The molecule has 2 aliphatic rings. The molecule has 0 N–H and O–H groups in total. The van der Waals surface area contributed by atoms with Crippen molar-refractivity contribution in [3.8, 4) is 0 Å². The monoisotopic (exact) mass is 398 g/mol. The molecule has 1 aromatic heterocycles. The minimum atomic E-state index is -0.311. The molecule has 6 heteroatoms. The number of hydrogen-bond acceptors (Lipinski definition) is 5. The molecular weight excluding hydrogens is 376 g/mol. The van der Waals surface area contributed by atoms with Crippen molar-refractivity contribution in [1.29, 1.82) is 0 Å². The summed E-state index contributed by atoms with van der Waals surface area (Å²) in [6.07, 6.45) is 4.78. The zero-order valence-corrected chi connectivity index (χ0v) is 16.6. The Bertz CT molecular complexity index is 862. The number of aromatic nitrogens is 1. The summed E-state index contributed by atoms with van der Waals surface area (Å²) in [7, 11) is 0. The van der Waals surface area contributed by atoms with Crippen molar-refractivity contribution in [2.24, 2.45) is 17.8 Å². The molecule has 1 aromatic carbocycles. The highest BCUT2D eigenvalue weighted by atomic mass is 35.5. The van der Waals surface area contributed by atoms with E-state index in [2.05, 4.69) is 9.88 Å². The summed E-state index contributed by atoms with van der Waals surface area (Å²) in [4.78, 5) is 31.0. The lowest BCUT2D eigenvalue weighted by Gasteiger charge is -2.25. The predicted molar refractivity (Wildman–Crippen MR) is 108 cm³/mol. The second-order valence-corrected chi connectivity index (χ2v) is 7.93. The number of hydrogen-bond donors (Lipinski definition) is 0. The highest BCUT2D eigenvalue weighted by Crippen LogP contribution is 2.42. The molecule has 0 bridgehead atoms. The van der Waals surface area contributed by atoms with Gasteiger partial charge in [-0.2, -0.15) is 0 Å². The van der Waals surface area contributed by atoms with E-state index in [4.69, 9.17) is 16.3 Å². The van der Waals surface area contributed by atoms with Crippen molar-refractivity contribution in [2.45, 2.75) is 26.2 Å². The number of Topliss-reactive ketones (excluding diaryl/α,β-unsaturated/α-hetero) is 1. The summed E-state index contributed by atoms with van der Waals surface area (Å²) in [5.74, 6) is -0.278. The van der Waals surface area contributed by atoms with Crippen LogP contribution in [0, 0.1) is 17.8 Å². The summed E-state index contributed by atoms with van der Waals surface area (Å²) >= 11 is 6.02. The van der Waals surface area contributed by atoms with Crippen molar-refractivity contribution in [3.63, 3.8) is 0 Å². The van der Waals surface area contributed by atoms with Crippen LogP contribution in [0.5, 0.6) is 0 Å². The number of nitrogens with zero attached hydrogens (tertiary/aromatic N) is 2. The number of carbonyl (C=O) groups is 2. The summed E-state index contributed by atoms with van der Waals surface area (Å²) in [5, 5.41) is 0.703. The topological polar surface area (TPSA) is 59.5 Å². The van der Waals surface area contributed by atoms with E-state index in [1.807, 2.05) is 30.3 Å². The van der Waals surface area contributed by atoms with Crippen LogP contribution >= 0.6 is 11.6 Å². The minimum Gasteiger partial charge on any atom is -0.466 e. The van der Waals surface area contributed by atoms with Gasteiger partial charge >= 0.3 is 5.97 Å². The Labute approximate surface area is 169 Å². The number of ether oxygens (including phenoxy) is 1. The highest BCUT2D eigenvalue weighted by Gasteiger charge is 2.49. The first-order valence-electron chi connectivity index (χ1n) is 9.77. The maximum atomic E-state index is 12.6. The number of halogens is 1. The number of benzene rings is 1. The first-order valence-corrected chi connectivity index (χ1v) is 10.1. The van der Waals surface area contributed by atoms with Crippen molar-refractivity contribution in [2.75, 3.05) is 18.1 Å². The lowest BCUT2D eigenvalue weighted by molar-refractivity contribution is -0.144. The van der Waals surface area contributed by atoms with Crippen molar-refractivity contribution < 1.29 is 14.3 Å². The molecule has 28 heavy (non-hydrogen) atoms. The SMILES string of the molecule is CCOC(=O)C1CC1C(=O)c1ccc(N(CC2CC2)c2ccc(Cl)cc2)cn1. The molecular formula is C22H23ClN2O3. The van der Waals surface area contributed by atoms with Crippen molar-refractivity contribution in [1.82, 2.24) is 4.98 Å². The standard InChI is InChI=1S/C22H23ClN2O3/c1-2-28-22(27)19-11-18(19)21(26)20-10-9-17(12-24-20)25(13-14-3-4-14)16-7-5-15(23)6-8-16/h5-10,12,14,18-19H,2-4,11,13H2,1H3. The Morgan fingerprint density at radius 1 is 1.11 bits per heavy atom. The smallest absolute Gasteiger partial charge is 0.309 e. The zero-order chi connectivity index (χ0) is 19.7. The molecule has 5 nitrogen and oxygen atoms in total. The molecule has 1 heterocycles. The van der Waals surface area contributed by atoms with Gasteiger partial charge < -0.3 is 9.64 Å². The molecule has 0 saturated heterocycles. The van der Waals surface area contributed by atoms with Gasteiger partial charge in [0.25, 0.3) is 0 Å². The molecule has 4 rings (SSSR count). The molecule has 2 atom stereocenters. The average Bonchev–Trinajstić information content (AvgIpc) is 3.61. The molecule has 0 radical (unpaired) electrons. The first kappa shape index (κ1) is 18.9. The average molecular weight is 399 g/mol. The van der Waals surface area contributed by atoms with Crippen molar-refractivity contribution in [3.05, 3.63) is 53.3 Å². The Balaban J connectivity index is 1.48. The summed E-state index contributed by atoms with van der Waals surface area (Å²) in [5.41, 5.74) is 2.41. The fraction of sp³-hybridized carbons (Fsp3) is 0.409. The molecule has 2 unspecified atom stereocenters. The molecule has 0 spiro atoms. The van der Waals surface area contributed by atoms with Crippen LogP contribution in [-0.4, -0.2) is 29.9 Å². The molecule has 2 fully saturated rings. The Morgan fingerprint density at radius 3 is 2.43 bits per heavy atom. The zero-order valence-electron chi connectivity index (χ0n) is 15.8. The van der Waals surface area contributed by atoms with E-state index in [0.29, 0.717) is 29.7 Å². The van der Waals surface area contributed by atoms with Crippen LogP contribution in [0.3, 0.4) is 0 Å². The number of ketones is 1. The third-order valence-corrected chi connectivity index (χ3v) is 5.56. The van der Waals surface area contributed by atoms with E-state index in [1.165, 1.54) is 12.8 Å². The van der Waals surface area contributed by atoms with E-state index >= 15 is 0 Å². The van der Waals surface area contributed by atoms with E-state index < -0.39 is 0 Å². The van der Waals surface area contributed by atoms with Crippen LogP contribution in [0.15, 0.2) is 42.6 Å². The Morgan fingerprint density at radius 2 is 1.82 bits per heavy atom. The molecule has 2 aromatic rings. The van der Waals surface area contributed by atoms with Gasteiger partial charge in [0.15, 0.2) is 5.78 Å². The van der Waals surface area contributed by atoms with Gasteiger partial charge in [0.05, 0.1) is 24.4 Å². The van der Waals surface area contributed by atoms with Gasteiger partial charge in [-0.15, -0.1) is 0 Å². The molecule has 2 aliphatic carbocycles. The van der Waals surface area contributed by atoms with Crippen LogP contribution in [0.2, 0.25) is 5.02 Å². The highest BCUT2D eigenvalue weighted by molar-refractivity contribution is 6.30. The molecule has 0 amide bonds. The van der Waals surface area contributed by atoms with E-state index in [9.17, 15) is 9.59 Å². The van der Waals surface area contributed by atoms with Gasteiger partial charge in [0, 0.05) is 23.2 Å². The number of esters is 1. The van der Waals surface area contributed by atoms with Crippen molar-refractivity contribution >= 4 is 34.7 Å². The maximum absolute atomic E-state index is 12.6. The third kappa shape index (κ3) is 4.20. The summed E-state index contributed by atoms with van der Waals surface area (Å²) < 4.78 is 5.01. The quantitative estimate of drug-likeness (QED) is 0.478. The van der Waals surface area contributed by atoms with Gasteiger partial charge in [-0.05, 0) is 68.5 Å². The predicted octanol–water partition coefficient (Wildman–Crippen LogP) is 4.67. The largest absolute Gasteiger partial charge is 0.466 e. The van der Waals surface area contributed by atoms with Gasteiger partial charge in [-0.3, -0.25) is 14.6 Å². The Kier molecular flexibility index (Phi) is 5.36. The van der Waals surface area contributed by atoms with Gasteiger partial charge in [-0.25, -0.2) is 0 Å². The maximum Gasteiger partial charge on any atom is 0.309 e. The fourth-order valence-corrected chi connectivity index (χ4v) is 3.54. The van der Waals surface area contributed by atoms with Gasteiger partial charge in [0.2, 0.25) is 0 Å². The molecule has 0 aliphatic heterocycles. The lowest BCUT2D eigenvalue weighted by Crippen LogP contribution is -2.20. The van der Waals surface area contributed by atoms with Crippen LogP contribution < -0.4 is 4.90 Å².